The summed E-state index contributed by atoms with van der Waals surface area (Å²) in [5, 5.41) is 0. The van der Waals surface area contributed by atoms with Crippen molar-refractivity contribution in [3.8, 4) is 11.6 Å². The van der Waals surface area contributed by atoms with Crippen LogP contribution in [0, 0.1) is 0 Å². The zero-order valence-electron chi connectivity index (χ0n) is 8.91. The Balaban J connectivity index is 2.58. The van der Waals surface area contributed by atoms with Crippen LogP contribution in [0.5, 0.6) is 0 Å². The summed E-state index contributed by atoms with van der Waals surface area (Å²) in [6.45, 7) is 0. The normalized spacial score (nSPS) is 10.4. The Hall–Kier alpha value is -2.24. The molecule has 0 spiro atoms. The Labute approximate surface area is 91.5 Å². The van der Waals surface area contributed by atoms with Crippen LogP contribution >= 0.6 is 0 Å². The van der Waals surface area contributed by atoms with Gasteiger partial charge in [-0.3, -0.25) is 9.59 Å². The van der Waals surface area contributed by atoms with E-state index in [0.717, 1.165) is 12.6 Å². The Morgan fingerprint density at radius 1 is 0.938 bits per heavy atom. The minimum atomic E-state index is 0.464. The summed E-state index contributed by atoms with van der Waals surface area (Å²) in [5.41, 5.74) is 0.927. The van der Waals surface area contributed by atoms with Crippen LogP contribution in [-0.2, 0) is 14.1 Å². The number of rotatable bonds is 3. The monoisotopic (exact) mass is 218 g/mol. The lowest BCUT2D eigenvalue weighted by molar-refractivity contribution is 0.110. The van der Waals surface area contributed by atoms with E-state index >= 15 is 0 Å². The van der Waals surface area contributed by atoms with Crippen LogP contribution in [0.1, 0.15) is 21.0 Å². The topological polar surface area (TPSA) is 69.8 Å². The van der Waals surface area contributed by atoms with Gasteiger partial charge in [0, 0.05) is 14.1 Å². The quantitative estimate of drug-likeness (QED) is 0.701. The lowest BCUT2D eigenvalue weighted by atomic mass is 10.5. The van der Waals surface area contributed by atoms with Crippen LogP contribution < -0.4 is 0 Å². The van der Waals surface area contributed by atoms with Gasteiger partial charge < -0.3 is 9.13 Å². The van der Waals surface area contributed by atoms with Gasteiger partial charge in [-0.15, -0.1) is 0 Å². The van der Waals surface area contributed by atoms with E-state index in [0.29, 0.717) is 23.0 Å². The molecule has 0 aliphatic heterocycles. The molecule has 2 rings (SSSR count). The van der Waals surface area contributed by atoms with Gasteiger partial charge in [0.2, 0.25) is 0 Å². The molecule has 0 aromatic carbocycles. The predicted molar refractivity (Wildman–Crippen MR) is 56.2 cm³/mol. The number of carbonyl (C=O) groups is 2. The number of imidazole rings is 2. The molecule has 2 heterocycles. The van der Waals surface area contributed by atoms with E-state index in [2.05, 4.69) is 9.97 Å². The van der Waals surface area contributed by atoms with Crippen LogP contribution in [0.2, 0.25) is 0 Å². The molecule has 16 heavy (non-hydrogen) atoms. The zero-order valence-corrected chi connectivity index (χ0v) is 8.91. The molecule has 0 bridgehead atoms. The third kappa shape index (κ3) is 1.35. The van der Waals surface area contributed by atoms with E-state index in [9.17, 15) is 9.59 Å². The standard InChI is InChI=1S/C10H10N4O2/c1-13-7(5-15)3-11-9(13)10-12-4-8(6-16)14(10)2/h3-6H,1-2H3. The molecule has 2 aromatic heterocycles. The molecule has 0 atom stereocenters. The summed E-state index contributed by atoms with van der Waals surface area (Å²) < 4.78 is 3.26. The number of aromatic nitrogens is 4. The third-order valence-electron chi connectivity index (χ3n) is 2.49. The van der Waals surface area contributed by atoms with Crippen molar-refractivity contribution in [3.05, 3.63) is 23.8 Å². The summed E-state index contributed by atoms with van der Waals surface area (Å²) in [5.74, 6) is 1.11. The molecular weight excluding hydrogens is 208 g/mol. The van der Waals surface area contributed by atoms with Gasteiger partial charge in [-0.25, -0.2) is 9.97 Å². The van der Waals surface area contributed by atoms with Crippen LogP contribution in [0.4, 0.5) is 0 Å². The molecule has 0 fully saturated rings. The van der Waals surface area contributed by atoms with Gasteiger partial charge in [-0.2, -0.15) is 0 Å². The highest BCUT2D eigenvalue weighted by Crippen LogP contribution is 2.16. The highest BCUT2D eigenvalue weighted by molar-refractivity contribution is 5.75. The van der Waals surface area contributed by atoms with Gasteiger partial charge in [0.25, 0.3) is 0 Å². The zero-order chi connectivity index (χ0) is 11.7. The van der Waals surface area contributed by atoms with Crippen molar-refractivity contribution < 1.29 is 9.59 Å². The van der Waals surface area contributed by atoms with Gasteiger partial charge >= 0.3 is 0 Å². The second-order valence-electron chi connectivity index (χ2n) is 3.37. The van der Waals surface area contributed by atoms with E-state index < -0.39 is 0 Å². The van der Waals surface area contributed by atoms with Crippen molar-refractivity contribution in [3.63, 3.8) is 0 Å². The molecule has 0 aliphatic rings. The fourth-order valence-corrected chi connectivity index (χ4v) is 1.48. The first kappa shape index (κ1) is 10.3. The second-order valence-corrected chi connectivity index (χ2v) is 3.37. The molecule has 0 saturated carbocycles. The SMILES string of the molecule is Cn1c(C=O)cnc1-c1ncc(C=O)n1C. The van der Waals surface area contributed by atoms with Gasteiger partial charge in [0.15, 0.2) is 24.2 Å². The maximum atomic E-state index is 10.7. The average molecular weight is 218 g/mol. The molecule has 0 saturated heterocycles. The van der Waals surface area contributed by atoms with Crippen molar-refractivity contribution >= 4 is 12.6 Å². The van der Waals surface area contributed by atoms with Gasteiger partial charge in [-0.05, 0) is 0 Å². The minimum absolute atomic E-state index is 0.464. The molecule has 0 N–H and O–H groups in total. The molecule has 0 unspecified atom stereocenters. The van der Waals surface area contributed by atoms with E-state index in [1.165, 1.54) is 12.4 Å². The van der Waals surface area contributed by atoms with Crippen molar-refractivity contribution in [2.24, 2.45) is 14.1 Å². The number of nitrogens with zero attached hydrogens (tertiary/aromatic N) is 4. The molecule has 6 heteroatoms. The minimum Gasteiger partial charge on any atom is -0.322 e. The first-order valence-corrected chi connectivity index (χ1v) is 4.63. The maximum absolute atomic E-state index is 10.7. The van der Waals surface area contributed by atoms with Crippen molar-refractivity contribution in [2.75, 3.05) is 0 Å². The van der Waals surface area contributed by atoms with Gasteiger partial charge in [0.1, 0.15) is 11.4 Å². The molecule has 0 aliphatic carbocycles. The summed E-state index contributed by atoms with van der Waals surface area (Å²) in [4.78, 5) is 29.5. The molecule has 2 aromatic rings. The molecule has 82 valence electrons. The lowest BCUT2D eigenvalue weighted by Gasteiger charge is -2.03. The number of hydrogen-bond donors (Lipinski definition) is 0. The summed E-state index contributed by atoms with van der Waals surface area (Å²) in [7, 11) is 3.45. The Kier molecular flexibility index (Phi) is 2.40. The Bertz CT molecular complexity index is 503. The highest BCUT2D eigenvalue weighted by Gasteiger charge is 2.14. The van der Waals surface area contributed by atoms with Crippen molar-refractivity contribution in [2.45, 2.75) is 0 Å². The summed E-state index contributed by atoms with van der Waals surface area (Å²) in [6.07, 6.45) is 4.38. The van der Waals surface area contributed by atoms with Gasteiger partial charge in [-0.1, -0.05) is 0 Å². The average Bonchev–Trinajstić information content (AvgIpc) is 2.82. The largest absolute Gasteiger partial charge is 0.322 e. The van der Waals surface area contributed by atoms with E-state index in [4.69, 9.17) is 0 Å². The summed E-state index contributed by atoms with van der Waals surface area (Å²) in [6, 6.07) is 0. The highest BCUT2D eigenvalue weighted by atomic mass is 16.1. The van der Waals surface area contributed by atoms with Crippen molar-refractivity contribution in [1.82, 2.24) is 19.1 Å². The van der Waals surface area contributed by atoms with E-state index in [1.54, 1.807) is 23.2 Å². The van der Waals surface area contributed by atoms with Crippen LogP contribution in [0.25, 0.3) is 11.6 Å². The predicted octanol–water partition coefficient (Wildman–Crippen LogP) is 0.446. The number of hydrogen-bond acceptors (Lipinski definition) is 4. The third-order valence-corrected chi connectivity index (χ3v) is 2.49. The Morgan fingerprint density at radius 3 is 1.56 bits per heavy atom. The Morgan fingerprint density at radius 2 is 1.31 bits per heavy atom. The van der Waals surface area contributed by atoms with Crippen LogP contribution in [0.15, 0.2) is 12.4 Å². The van der Waals surface area contributed by atoms with Gasteiger partial charge in [0.05, 0.1) is 12.4 Å². The number of aldehydes is 2. The smallest absolute Gasteiger partial charge is 0.176 e. The second kappa shape index (κ2) is 3.73. The van der Waals surface area contributed by atoms with Crippen molar-refractivity contribution in [1.29, 1.82) is 0 Å². The fraction of sp³-hybridized carbons (Fsp3) is 0.200. The summed E-state index contributed by atoms with van der Waals surface area (Å²) >= 11 is 0. The maximum Gasteiger partial charge on any atom is 0.176 e. The first-order chi connectivity index (χ1) is 7.69. The van der Waals surface area contributed by atoms with E-state index in [-0.39, 0.29) is 0 Å². The fourth-order valence-electron chi connectivity index (χ4n) is 1.48. The molecular formula is C10H10N4O2. The first-order valence-electron chi connectivity index (χ1n) is 4.63. The lowest BCUT2D eigenvalue weighted by Crippen LogP contribution is -2.03. The van der Waals surface area contributed by atoms with E-state index in [1.807, 2.05) is 0 Å². The molecule has 0 radical (unpaired) electrons. The number of carbonyl (C=O) groups excluding carboxylic acids is 2. The molecule has 6 nitrogen and oxygen atoms in total. The van der Waals surface area contributed by atoms with Crippen LogP contribution in [-0.4, -0.2) is 31.7 Å². The molecule has 0 amide bonds. The van der Waals surface area contributed by atoms with Crippen LogP contribution in [0.3, 0.4) is 0 Å².